The van der Waals surface area contributed by atoms with Crippen LogP contribution in [-0.2, 0) is 0 Å². The highest BCUT2D eigenvalue weighted by molar-refractivity contribution is 7.21. The molecule has 1 heterocycles. The largest absolute Gasteiger partial charge is 0.422 e. The zero-order chi connectivity index (χ0) is 18.9. The minimum absolute atomic E-state index is 0.376. The molecule has 0 saturated heterocycles. The molecule has 4 aromatic carbocycles. The maximum Gasteiger partial charge on any atom is 0.343 e. The molecule has 4 heteroatoms. The second kappa shape index (κ2) is 6.91. The van der Waals surface area contributed by atoms with E-state index in [9.17, 15) is 4.79 Å². The van der Waals surface area contributed by atoms with E-state index in [1.807, 2.05) is 78.9 Å². The molecule has 0 bridgehead atoms. The van der Waals surface area contributed by atoms with Gasteiger partial charge in [-0.15, -0.1) is 11.3 Å². The first kappa shape index (κ1) is 16.7. The third kappa shape index (κ3) is 3.04. The van der Waals surface area contributed by atoms with E-state index in [0.29, 0.717) is 11.3 Å². The molecule has 0 spiro atoms. The van der Waals surface area contributed by atoms with Crippen LogP contribution in [0.2, 0.25) is 0 Å². The summed E-state index contributed by atoms with van der Waals surface area (Å²) in [5, 5.41) is 2.94. The van der Waals surface area contributed by atoms with Gasteiger partial charge in [-0.05, 0) is 47.2 Å². The highest BCUT2D eigenvalue weighted by Crippen LogP contribution is 2.36. The van der Waals surface area contributed by atoms with Gasteiger partial charge in [0, 0.05) is 0 Å². The zero-order valence-electron chi connectivity index (χ0n) is 14.8. The lowest BCUT2D eigenvalue weighted by atomic mass is 10.1. The van der Waals surface area contributed by atoms with Gasteiger partial charge in [-0.25, -0.2) is 9.78 Å². The quantitative estimate of drug-likeness (QED) is 0.270. The van der Waals surface area contributed by atoms with E-state index in [-0.39, 0.29) is 5.97 Å². The Morgan fingerprint density at radius 1 is 0.786 bits per heavy atom. The SMILES string of the molecule is O=C(Oc1ccccc1-c1nc2ccccc2s1)c1ccc2ccccc2c1. The van der Waals surface area contributed by atoms with Crippen molar-refractivity contribution in [2.75, 3.05) is 0 Å². The minimum atomic E-state index is -0.376. The first-order valence-electron chi connectivity index (χ1n) is 8.94. The van der Waals surface area contributed by atoms with Gasteiger partial charge in [0.1, 0.15) is 10.8 Å². The van der Waals surface area contributed by atoms with Gasteiger partial charge < -0.3 is 4.74 Å². The van der Waals surface area contributed by atoms with Crippen molar-refractivity contribution in [2.45, 2.75) is 0 Å². The maximum atomic E-state index is 12.8. The third-order valence-electron chi connectivity index (χ3n) is 4.60. The number of rotatable bonds is 3. The lowest BCUT2D eigenvalue weighted by molar-refractivity contribution is 0.0736. The van der Waals surface area contributed by atoms with Crippen LogP contribution in [0.1, 0.15) is 10.4 Å². The van der Waals surface area contributed by atoms with E-state index in [4.69, 9.17) is 9.72 Å². The molecule has 0 radical (unpaired) electrons. The van der Waals surface area contributed by atoms with E-state index in [0.717, 1.165) is 31.6 Å². The van der Waals surface area contributed by atoms with E-state index >= 15 is 0 Å². The summed E-state index contributed by atoms with van der Waals surface area (Å²) in [5.74, 6) is 0.138. The second-order valence-corrected chi connectivity index (χ2v) is 7.47. The molecule has 0 N–H and O–H groups in total. The summed E-state index contributed by atoms with van der Waals surface area (Å²) in [6, 6.07) is 29.1. The van der Waals surface area contributed by atoms with Crippen LogP contribution in [0.4, 0.5) is 0 Å². The Morgan fingerprint density at radius 2 is 1.54 bits per heavy atom. The highest BCUT2D eigenvalue weighted by Gasteiger charge is 2.15. The molecule has 0 aliphatic carbocycles. The van der Waals surface area contributed by atoms with E-state index in [1.54, 1.807) is 23.5 Å². The average molecular weight is 381 g/mol. The van der Waals surface area contributed by atoms with Crippen LogP contribution in [0.25, 0.3) is 31.6 Å². The summed E-state index contributed by atoms with van der Waals surface area (Å²) in [7, 11) is 0. The number of nitrogens with zero attached hydrogens (tertiary/aromatic N) is 1. The molecule has 3 nitrogen and oxygen atoms in total. The van der Waals surface area contributed by atoms with Crippen molar-refractivity contribution in [3.05, 3.63) is 96.6 Å². The number of carbonyl (C=O) groups excluding carboxylic acids is 1. The Morgan fingerprint density at radius 3 is 2.43 bits per heavy atom. The van der Waals surface area contributed by atoms with Gasteiger partial charge >= 0.3 is 5.97 Å². The van der Waals surface area contributed by atoms with Gasteiger partial charge in [-0.2, -0.15) is 0 Å². The summed E-state index contributed by atoms with van der Waals surface area (Å²) in [5.41, 5.74) is 2.29. The molecule has 1 aromatic heterocycles. The number of benzene rings is 4. The Hall–Kier alpha value is -3.50. The molecule has 0 unspecified atom stereocenters. The maximum absolute atomic E-state index is 12.8. The lowest BCUT2D eigenvalue weighted by Gasteiger charge is -2.09. The number of esters is 1. The van der Waals surface area contributed by atoms with Crippen LogP contribution in [0.5, 0.6) is 5.75 Å². The van der Waals surface area contributed by atoms with Gasteiger partial charge in [-0.1, -0.05) is 54.6 Å². The van der Waals surface area contributed by atoms with Crippen molar-refractivity contribution in [1.29, 1.82) is 0 Å². The highest BCUT2D eigenvalue weighted by atomic mass is 32.1. The van der Waals surface area contributed by atoms with Crippen LogP contribution in [0.3, 0.4) is 0 Å². The smallest absolute Gasteiger partial charge is 0.343 e. The molecule has 0 atom stereocenters. The zero-order valence-corrected chi connectivity index (χ0v) is 15.6. The van der Waals surface area contributed by atoms with E-state index < -0.39 is 0 Å². The van der Waals surface area contributed by atoms with E-state index in [2.05, 4.69) is 0 Å². The standard InChI is InChI=1S/C24H15NO2S/c26-24(18-14-13-16-7-1-2-8-17(16)15-18)27-21-11-5-3-9-19(21)23-25-20-10-4-6-12-22(20)28-23/h1-15H. The van der Waals surface area contributed by atoms with Crippen molar-refractivity contribution in [3.63, 3.8) is 0 Å². The van der Waals surface area contributed by atoms with Crippen molar-refractivity contribution >= 4 is 38.3 Å². The third-order valence-corrected chi connectivity index (χ3v) is 5.67. The Labute approximate surface area is 165 Å². The predicted molar refractivity (Wildman–Crippen MR) is 114 cm³/mol. The first-order chi connectivity index (χ1) is 13.8. The number of carbonyl (C=O) groups is 1. The normalized spacial score (nSPS) is 11.0. The van der Waals surface area contributed by atoms with Crippen LogP contribution < -0.4 is 4.74 Å². The molecule has 0 fully saturated rings. The number of hydrogen-bond acceptors (Lipinski definition) is 4. The van der Waals surface area contributed by atoms with Crippen LogP contribution in [0.15, 0.2) is 91.0 Å². The monoisotopic (exact) mass is 381 g/mol. The molecule has 0 aliphatic rings. The summed E-state index contributed by atoms with van der Waals surface area (Å²) in [6.07, 6.45) is 0. The fourth-order valence-corrected chi connectivity index (χ4v) is 4.19. The van der Waals surface area contributed by atoms with Crippen molar-refractivity contribution in [3.8, 4) is 16.3 Å². The summed E-state index contributed by atoms with van der Waals surface area (Å²) in [6.45, 7) is 0. The molecule has 5 aromatic rings. The van der Waals surface area contributed by atoms with Crippen LogP contribution in [0, 0.1) is 0 Å². The first-order valence-corrected chi connectivity index (χ1v) is 9.75. The van der Waals surface area contributed by atoms with Crippen LogP contribution >= 0.6 is 11.3 Å². The van der Waals surface area contributed by atoms with Gasteiger partial charge in [0.05, 0.1) is 21.3 Å². The van der Waals surface area contributed by atoms with Gasteiger partial charge in [0.25, 0.3) is 0 Å². The Bertz CT molecular complexity index is 1290. The minimum Gasteiger partial charge on any atom is -0.422 e. The summed E-state index contributed by atoms with van der Waals surface area (Å²) in [4.78, 5) is 17.5. The number of ether oxygens (including phenoxy) is 1. The number of fused-ring (bicyclic) bond motifs is 2. The number of aromatic nitrogens is 1. The lowest BCUT2D eigenvalue weighted by Crippen LogP contribution is -2.09. The Kier molecular flexibility index (Phi) is 4.11. The molecule has 28 heavy (non-hydrogen) atoms. The Balaban J connectivity index is 1.50. The number of para-hydroxylation sites is 2. The number of hydrogen-bond donors (Lipinski definition) is 0. The summed E-state index contributed by atoms with van der Waals surface area (Å²) >= 11 is 1.59. The van der Waals surface area contributed by atoms with Crippen molar-refractivity contribution in [2.24, 2.45) is 0 Å². The molecule has 0 saturated carbocycles. The molecular formula is C24H15NO2S. The van der Waals surface area contributed by atoms with E-state index in [1.165, 1.54) is 0 Å². The fourth-order valence-electron chi connectivity index (χ4n) is 3.19. The van der Waals surface area contributed by atoms with Crippen LogP contribution in [-0.4, -0.2) is 11.0 Å². The predicted octanol–water partition coefficient (Wildman–Crippen LogP) is 6.34. The van der Waals surface area contributed by atoms with Crippen molar-refractivity contribution < 1.29 is 9.53 Å². The fraction of sp³-hybridized carbons (Fsp3) is 0. The molecular weight excluding hydrogens is 366 g/mol. The van der Waals surface area contributed by atoms with Crippen molar-refractivity contribution in [1.82, 2.24) is 4.98 Å². The second-order valence-electron chi connectivity index (χ2n) is 6.43. The molecule has 134 valence electrons. The summed E-state index contributed by atoms with van der Waals surface area (Å²) < 4.78 is 6.86. The van der Waals surface area contributed by atoms with Gasteiger partial charge in [0.2, 0.25) is 0 Å². The van der Waals surface area contributed by atoms with Gasteiger partial charge in [-0.3, -0.25) is 0 Å². The molecule has 5 rings (SSSR count). The van der Waals surface area contributed by atoms with Gasteiger partial charge in [0.15, 0.2) is 0 Å². The average Bonchev–Trinajstić information content (AvgIpc) is 3.18. The number of thiazole rings is 1. The molecule has 0 aliphatic heterocycles. The topological polar surface area (TPSA) is 39.2 Å². The molecule has 0 amide bonds.